The van der Waals surface area contributed by atoms with Crippen molar-refractivity contribution < 1.29 is 14.6 Å². The number of nitrogen functional groups attached to an aromatic ring is 1. The standard InChI is InChI=1S/C30H31N7O3/c1-17-7-23-22(5-6-32-28(23)31)18(2)24(17)10-33-26-9-27(35-16-34-26)40-13-21-12-37-11-20(19-3-4-19)8-25(29(37)36-21)30(38)14-39-15-30/h5-9,11-12,16,19,38H,3-4,10,13-15H2,1-2H3,(H2,31,32)(H,33,34,35). The topological polar surface area (TPSA) is 133 Å². The molecule has 2 fully saturated rings. The van der Waals surface area contributed by atoms with E-state index in [9.17, 15) is 5.11 Å². The number of aromatic nitrogens is 5. The number of aryl methyl sites for hydroxylation is 2. The van der Waals surface area contributed by atoms with Crippen LogP contribution in [0.2, 0.25) is 0 Å². The van der Waals surface area contributed by atoms with E-state index in [4.69, 9.17) is 20.2 Å². The van der Waals surface area contributed by atoms with Crippen molar-refractivity contribution in [3.63, 3.8) is 0 Å². The van der Waals surface area contributed by atoms with Gasteiger partial charge in [0.25, 0.3) is 0 Å². The van der Waals surface area contributed by atoms with Crippen molar-refractivity contribution in [1.29, 1.82) is 0 Å². The van der Waals surface area contributed by atoms with Crippen LogP contribution in [0.4, 0.5) is 11.6 Å². The SMILES string of the molecule is Cc1cc2c(N)nccc2c(C)c1CNc1cc(OCc2cn3cc(C4CC4)cc(C4(O)COC4)c3n2)ncn1. The van der Waals surface area contributed by atoms with Crippen molar-refractivity contribution in [3.8, 4) is 5.88 Å². The number of hydrogen-bond donors (Lipinski definition) is 3. The molecule has 1 saturated carbocycles. The zero-order chi connectivity index (χ0) is 27.4. The first-order chi connectivity index (χ1) is 19.4. The summed E-state index contributed by atoms with van der Waals surface area (Å²) in [4.78, 5) is 17.7. The van der Waals surface area contributed by atoms with Gasteiger partial charge in [-0.25, -0.2) is 19.9 Å². The summed E-state index contributed by atoms with van der Waals surface area (Å²) in [7, 11) is 0. The number of pyridine rings is 2. The van der Waals surface area contributed by atoms with Crippen LogP contribution in [0, 0.1) is 13.8 Å². The van der Waals surface area contributed by atoms with Crippen LogP contribution in [-0.2, 0) is 23.5 Å². The van der Waals surface area contributed by atoms with Crippen LogP contribution in [-0.4, -0.2) is 42.7 Å². The van der Waals surface area contributed by atoms with Gasteiger partial charge >= 0.3 is 0 Å². The van der Waals surface area contributed by atoms with Crippen molar-refractivity contribution in [1.82, 2.24) is 24.3 Å². The van der Waals surface area contributed by atoms with Crippen molar-refractivity contribution in [2.24, 2.45) is 0 Å². The predicted molar refractivity (Wildman–Crippen MR) is 151 cm³/mol. The summed E-state index contributed by atoms with van der Waals surface area (Å²) in [5.41, 5.74) is 12.1. The predicted octanol–water partition coefficient (Wildman–Crippen LogP) is 4.16. The summed E-state index contributed by atoms with van der Waals surface area (Å²) < 4.78 is 13.3. The fraction of sp³-hybridized carbons (Fsp3) is 0.333. The average molecular weight is 538 g/mol. The summed E-state index contributed by atoms with van der Waals surface area (Å²) in [6.45, 7) is 5.59. The molecular formula is C30H31N7O3. The Morgan fingerprint density at radius 1 is 1.12 bits per heavy atom. The molecule has 5 heterocycles. The second-order valence-electron chi connectivity index (χ2n) is 10.9. The van der Waals surface area contributed by atoms with E-state index in [1.165, 1.54) is 30.3 Å². The van der Waals surface area contributed by atoms with Crippen molar-refractivity contribution in [2.75, 3.05) is 24.3 Å². The van der Waals surface area contributed by atoms with Crippen molar-refractivity contribution in [3.05, 3.63) is 82.7 Å². The van der Waals surface area contributed by atoms with Gasteiger partial charge in [0.2, 0.25) is 5.88 Å². The van der Waals surface area contributed by atoms with Gasteiger partial charge in [0.15, 0.2) is 0 Å². The third-order valence-electron chi connectivity index (χ3n) is 8.02. The molecule has 40 heavy (non-hydrogen) atoms. The highest BCUT2D eigenvalue weighted by Crippen LogP contribution is 2.42. The first-order valence-electron chi connectivity index (χ1n) is 13.5. The Morgan fingerprint density at radius 3 is 2.75 bits per heavy atom. The van der Waals surface area contributed by atoms with Gasteiger partial charge in [0.05, 0.1) is 18.9 Å². The maximum absolute atomic E-state index is 11.0. The minimum atomic E-state index is -0.992. The largest absolute Gasteiger partial charge is 0.471 e. The van der Waals surface area contributed by atoms with Gasteiger partial charge in [-0.2, -0.15) is 0 Å². The summed E-state index contributed by atoms with van der Waals surface area (Å²) in [5, 5.41) is 16.5. The van der Waals surface area contributed by atoms with Crippen LogP contribution in [0.5, 0.6) is 5.88 Å². The molecule has 4 aromatic heterocycles. The molecule has 0 atom stereocenters. The molecular weight excluding hydrogens is 506 g/mol. The van der Waals surface area contributed by atoms with E-state index in [-0.39, 0.29) is 19.8 Å². The van der Waals surface area contributed by atoms with E-state index in [0.717, 1.165) is 38.8 Å². The van der Waals surface area contributed by atoms with Crippen LogP contribution in [0.1, 0.15) is 52.3 Å². The normalized spacial score (nSPS) is 16.3. The van der Waals surface area contributed by atoms with E-state index in [2.05, 4.69) is 52.4 Å². The molecule has 0 radical (unpaired) electrons. The molecule has 0 spiro atoms. The second-order valence-corrected chi connectivity index (χ2v) is 10.9. The number of nitrogens with two attached hydrogens (primary N) is 1. The minimum absolute atomic E-state index is 0.240. The molecule has 5 aromatic rings. The van der Waals surface area contributed by atoms with Crippen LogP contribution >= 0.6 is 0 Å². The number of aliphatic hydroxyl groups is 1. The summed E-state index contributed by atoms with van der Waals surface area (Å²) in [6, 6.07) is 7.96. The second kappa shape index (κ2) is 9.42. The number of hydrogen-bond acceptors (Lipinski definition) is 9. The van der Waals surface area contributed by atoms with Gasteiger partial charge in [0, 0.05) is 42.2 Å². The van der Waals surface area contributed by atoms with Gasteiger partial charge in [-0.1, -0.05) is 0 Å². The Bertz CT molecular complexity index is 1760. The third-order valence-corrected chi connectivity index (χ3v) is 8.02. The van der Waals surface area contributed by atoms with E-state index < -0.39 is 5.60 Å². The smallest absolute Gasteiger partial charge is 0.218 e. The molecule has 4 N–H and O–H groups in total. The number of anilines is 2. The minimum Gasteiger partial charge on any atom is -0.471 e. The number of imidazole rings is 1. The number of nitrogens with one attached hydrogen (secondary N) is 1. The Morgan fingerprint density at radius 2 is 1.98 bits per heavy atom. The molecule has 10 nitrogen and oxygen atoms in total. The van der Waals surface area contributed by atoms with Crippen LogP contribution in [0.15, 0.2) is 49.2 Å². The Balaban J connectivity index is 1.08. The van der Waals surface area contributed by atoms with E-state index in [0.29, 0.717) is 30.0 Å². The summed E-state index contributed by atoms with van der Waals surface area (Å²) >= 11 is 0. The average Bonchev–Trinajstić information content (AvgIpc) is 3.70. The fourth-order valence-electron chi connectivity index (χ4n) is 5.52. The number of nitrogens with zero attached hydrogens (tertiary/aromatic N) is 5. The number of ether oxygens (including phenoxy) is 2. The monoisotopic (exact) mass is 537 g/mol. The number of benzene rings is 1. The Hall–Kier alpha value is -4.28. The van der Waals surface area contributed by atoms with E-state index >= 15 is 0 Å². The van der Waals surface area contributed by atoms with Gasteiger partial charge in [-0.3, -0.25) is 0 Å². The van der Waals surface area contributed by atoms with Crippen molar-refractivity contribution >= 4 is 28.1 Å². The molecule has 1 aliphatic heterocycles. The molecule has 0 amide bonds. The maximum Gasteiger partial charge on any atom is 0.218 e. The Kier molecular flexibility index (Phi) is 5.83. The lowest BCUT2D eigenvalue weighted by molar-refractivity contribution is -0.184. The first kappa shape index (κ1) is 24.7. The lowest BCUT2D eigenvalue weighted by Gasteiger charge is -2.37. The van der Waals surface area contributed by atoms with Gasteiger partial charge in [-0.15, -0.1) is 0 Å². The lowest BCUT2D eigenvalue weighted by atomic mass is 9.91. The molecule has 0 unspecified atom stereocenters. The molecule has 7 rings (SSSR count). The van der Waals surface area contributed by atoms with Crippen molar-refractivity contribution in [2.45, 2.75) is 51.4 Å². The van der Waals surface area contributed by atoms with Gasteiger partial charge in [0.1, 0.15) is 35.8 Å². The van der Waals surface area contributed by atoms with Gasteiger partial charge < -0.3 is 30.0 Å². The highest BCUT2D eigenvalue weighted by atomic mass is 16.5. The molecule has 204 valence electrons. The fourth-order valence-corrected chi connectivity index (χ4v) is 5.52. The first-order valence-corrected chi connectivity index (χ1v) is 13.5. The van der Waals surface area contributed by atoms with E-state index in [1.54, 1.807) is 12.3 Å². The lowest BCUT2D eigenvalue weighted by Crippen LogP contribution is -2.46. The summed E-state index contributed by atoms with van der Waals surface area (Å²) in [5.74, 6) is 2.21. The number of fused-ring (bicyclic) bond motifs is 2. The molecule has 10 heteroatoms. The Labute approximate surface area is 231 Å². The zero-order valence-corrected chi connectivity index (χ0v) is 22.5. The molecule has 0 bridgehead atoms. The highest BCUT2D eigenvalue weighted by Gasteiger charge is 2.41. The van der Waals surface area contributed by atoms with Crippen LogP contribution in [0.25, 0.3) is 16.4 Å². The number of rotatable bonds is 8. The highest BCUT2D eigenvalue weighted by molar-refractivity contribution is 5.94. The molecule has 1 saturated heterocycles. The van der Waals surface area contributed by atoms with Crippen LogP contribution in [0.3, 0.4) is 0 Å². The molecule has 1 aliphatic carbocycles. The maximum atomic E-state index is 11.0. The van der Waals surface area contributed by atoms with Gasteiger partial charge in [-0.05, 0) is 78.4 Å². The van der Waals surface area contributed by atoms with Crippen LogP contribution < -0.4 is 15.8 Å². The summed E-state index contributed by atoms with van der Waals surface area (Å²) in [6.07, 6.45) is 9.66. The zero-order valence-electron chi connectivity index (χ0n) is 22.5. The molecule has 1 aromatic carbocycles. The quantitative estimate of drug-likeness (QED) is 0.267. The molecule has 2 aliphatic rings. The third kappa shape index (κ3) is 4.39. The van der Waals surface area contributed by atoms with E-state index in [1.807, 2.05) is 16.7 Å².